The van der Waals surface area contributed by atoms with Gasteiger partial charge in [-0.2, -0.15) is 5.26 Å². The van der Waals surface area contributed by atoms with E-state index in [1.54, 1.807) is 31.2 Å². The molecule has 1 aromatic carbocycles. The van der Waals surface area contributed by atoms with Crippen molar-refractivity contribution >= 4 is 11.6 Å². The molecule has 17 heavy (non-hydrogen) atoms. The highest BCUT2D eigenvalue weighted by Crippen LogP contribution is 2.09. The molecule has 90 valence electrons. The molecular formula is C12H14N2O3. The summed E-state index contributed by atoms with van der Waals surface area (Å²) in [6, 6.07) is 8.53. The molecule has 0 aliphatic rings. The molecule has 0 aliphatic carbocycles. The maximum atomic E-state index is 11.6. The van der Waals surface area contributed by atoms with E-state index in [0.29, 0.717) is 11.3 Å². The van der Waals surface area contributed by atoms with E-state index < -0.39 is 6.10 Å². The van der Waals surface area contributed by atoms with Crippen molar-refractivity contribution in [1.29, 1.82) is 5.26 Å². The third kappa shape index (κ3) is 4.23. The summed E-state index contributed by atoms with van der Waals surface area (Å²) in [6.07, 6.45) is -0.627. The molecule has 0 fully saturated rings. The lowest BCUT2D eigenvalue weighted by Gasteiger charge is -2.12. The van der Waals surface area contributed by atoms with E-state index in [2.05, 4.69) is 5.32 Å². The highest BCUT2D eigenvalue weighted by molar-refractivity contribution is 5.93. The Balaban J connectivity index is 2.52. The normalized spacial score (nSPS) is 11.6. The number of nitrogens with one attached hydrogen (secondary N) is 1. The molecule has 1 aromatic rings. The average molecular weight is 234 g/mol. The molecule has 1 atom stereocenters. The number of carbonyl (C=O) groups excluding carboxylic acids is 1. The summed E-state index contributed by atoms with van der Waals surface area (Å²) in [4.78, 5) is 11.6. The number of hydrogen-bond acceptors (Lipinski definition) is 4. The SMILES string of the molecule is CC(OCCO)C(=O)Nc1ccc(C#N)cc1. The van der Waals surface area contributed by atoms with E-state index in [1.165, 1.54) is 0 Å². The second kappa shape index (κ2) is 6.63. The molecule has 1 rings (SSSR count). The quantitative estimate of drug-likeness (QED) is 0.792. The Kier molecular flexibility index (Phi) is 5.14. The van der Waals surface area contributed by atoms with Gasteiger partial charge in [-0.3, -0.25) is 4.79 Å². The Morgan fingerprint density at radius 3 is 2.71 bits per heavy atom. The van der Waals surface area contributed by atoms with Crippen LogP contribution in [0.1, 0.15) is 12.5 Å². The van der Waals surface area contributed by atoms with Crippen molar-refractivity contribution in [1.82, 2.24) is 0 Å². The van der Waals surface area contributed by atoms with Gasteiger partial charge in [-0.1, -0.05) is 0 Å². The molecule has 0 saturated carbocycles. The second-order valence-electron chi connectivity index (χ2n) is 3.42. The Hall–Kier alpha value is -1.90. The van der Waals surface area contributed by atoms with Crippen molar-refractivity contribution in [2.45, 2.75) is 13.0 Å². The summed E-state index contributed by atoms with van der Waals surface area (Å²) in [7, 11) is 0. The van der Waals surface area contributed by atoms with Crippen LogP contribution in [0.2, 0.25) is 0 Å². The molecule has 5 heteroatoms. The predicted molar refractivity (Wildman–Crippen MR) is 62.3 cm³/mol. The Labute approximate surface area is 99.6 Å². The topological polar surface area (TPSA) is 82.3 Å². The number of aliphatic hydroxyl groups is 1. The highest BCUT2D eigenvalue weighted by atomic mass is 16.5. The molecule has 0 saturated heterocycles. The van der Waals surface area contributed by atoms with Gasteiger partial charge in [-0.25, -0.2) is 0 Å². The number of nitriles is 1. The zero-order valence-corrected chi connectivity index (χ0v) is 9.51. The third-order valence-corrected chi connectivity index (χ3v) is 2.11. The number of nitrogens with zero attached hydrogens (tertiary/aromatic N) is 1. The van der Waals surface area contributed by atoms with Crippen molar-refractivity contribution < 1.29 is 14.6 Å². The van der Waals surface area contributed by atoms with Crippen LogP contribution in [-0.2, 0) is 9.53 Å². The molecule has 0 heterocycles. The Morgan fingerprint density at radius 1 is 1.53 bits per heavy atom. The molecule has 1 amide bonds. The number of ether oxygens (including phenoxy) is 1. The van der Waals surface area contributed by atoms with Crippen LogP contribution in [0, 0.1) is 11.3 Å². The van der Waals surface area contributed by atoms with Crippen LogP contribution >= 0.6 is 0 Å². The fraction of sp³-hybridized carbons (Fsp3) is 0.333. The van der Waals surface area contributed by atoms with Crippen molar-refractivity contribution in [2.75, 3.05) is 18.5 Å². The first kappa shape index (κ1) is 13.2. The minimum atomic E-state index is -0.627. The van der Waals surface area contributed by atoms with Gasteiger partial charge in [0.05, 0.1) is 24.8 Å². The zero-order valence-electron chi connectivity index (χ0n) is 9.51. The number of carbonyl (C=O) groups is 1. The van der Waals surface area contributed by atoms with Crippen LogP contribution in [0.4, 0.5) is 5.69 Å². The van der Waals surface area contributed by atoms with E-state index >= 15 is 0 Å². The van der Waals surface area contributed by atoms with Crippen LogP contribution in [0.15, 0.2) is 24.3 Å². The van der Waals surface area contributed by atoms with Gasteiger partial charge >= 0.3 is 0 Å². The van der Waals surface area contributed by atoms with E-state index in [-0.39, 0.29) is 19.1 Å². The average Bonchev–Trinajstić information content (AvgIpc) is 2.36. The molecule has 0 spiro atoms. The Bertz CT molecular complexity index is 409. The first-order valence-electron chi connectivity index (χ1n) is 5.21. The molecule has 5 nitrogen and oxygen atoms in total. The minimum Gasteiger partial charge on any atom is -0.394 e. The highest BCUT2D eigenvalue weighted by Gasteiger charge is 2.12. The molecule has 2 N–H and O–H groups in total. The lowest BCUT2D eigenvalue weighted by atomic mass is 10.2. The third-order valence-electron chi connectivity index (χ3n) is 2.11. The fourth-order valence-electron chi connectivity index (χ4n) is 1.18. The molecule has 0 radical (unpaired) electrons. The molecule has 0 aliphatic heterocycles. The number of anilines is 1. The van der Waals surface area contributed by atoms with Crippen molar-refractivity contribution in [2.24, 2.45) is 0 Å². The maximum Gasteiger partial charge on any atom is 0.253 e. The predicted octanol–water partition coefficient (Wildman–Crippen LogP) is 0.894. The number of amides is 1. The van der Waals surface area contributed by atoms with Gasteiger partial charge in [0.2, 0.25) is 0 Å². The van der Waals surface area contributed by atoms with Gasteiger partial charge in [0, 0.05) is 5.69 Å². The van der Waals surface area contributed by atoms with Crippen LogP contribution in [-0.4, -0.2) is 30.3 Å². The first-order chi connectivity index (χ1) is 8.17. The number of rotatable bonds is 5. The number of aliphatic hydroxyl groups excluding tert-OH is 1. The van der Waals surface area contributed by atoms with Crippen molar-refractivity contribution in [3.63, 3.8) is 0 Å². The monoisotopic (exact) mass is 234 g/mol. The summed E-state index contributed by atoms with van der Waals surface area (Å²) < 4.78 is 5.06. The van der Waals surface area contributed by atoms with E-state index in [4.69, 9.17) is 15.1 Å². The van der Waals surface area contributed by atoms with E-state index in [0.717, 1.165) is 0 Å². The van der Waals surface area contributed by atoms with Crippen molar-refractivity contribution in [3.8, 4) is 6.07 Å². The largest absolute Gasteiger partial charge is 0.394 e. The van der Waals surface area contributed by atoms with Gasteiger partial charge in [0.1, 0.15) is 6.10 Å². The van der Waals surface area contributed by atoms with Gasteiger partial charge in [0.15, 0.2) is 0 Å². The number of hydrogen-bond donors (Lipinski definition) is 2. The van der Waals surface area contributed by atoms with Gasteiger partial charge < -0.3 is 15.2 Å². The lowest BCUT2D eigenvalue weighted by Crippen LogP contribution is -2.28. The molecule has 0 bridgehead atoms. The van der Waals surface area contributed by atoms with E-state index in [9.17, 15) is 4.79 Å². The smallest absolute Gasteiger partial charge is 0.253 e. The number of benzene rings is 1. The molecule has 1 unspecified atom stereocenters. The molecular weight excluding hydrogens is 220 g/mol. The van der Waals surface area contributed by atoms with Crippen LogP contribution in [0.3, 0.4) is 0 Å². The van der Waals surface area contributed by atoms with Gasteiger partial charge in [-0.05, 0) is 31.2 Å². The first-order valence-corrected chi connectivity index (χ1v) is 5.21. The lowest BCUT2D eigenvalue weighted by molar-refractivity contribution is -0.126. The summed E-state index contributed by atoms with van der Waals surface area (Å²) in [5.74, 6) is -0.289. The summed E-state index contributed by atoms with van der Waals surface area (Å²) in [5.41, 5.74) is 1.14. The summed E-state index contributed by atoms with van der Waals surface area (Å²) in [5, 5.41) is 19.8. The summed E-state index contributed by atoms with van der Waals surface area (Å²) >= 11 is 0. The molecule has 0 aromatic heterocycles. The van der Waals surface area contributed by atoms with Crippen LogP contribution in [0.25, 0.3) is 0 Å². The second-order valence-corrected chi connectivity index (χ2v) is 3.42. The van der Waals surface area contributed by atoms with Crippen molar-refractivity contribution in [3.05, 3.63) is 29.8 Å². The van der Waals surface area contributed by atoms with Gasteiger partial charge in [-0.15, -0.1) is 0 Å². The fourth-order valence-corrected chi connectivity index (χ4v) is 1.18. The van der Waals surface area contributed by atoms with Crippen LogP contribution < -0.4 is 5.32 Å². The van der Waals surface area contributed by atoms with E-state index in [1.807, 2.05) is 6.07 Å². The van der Waals surface area contributed by atoms with Gasteiger partial charge in [0.25, 0.3) is 5.91 Å². The summed E-state index contributed by atoms with van der Waals surface area (Å²) in [6.45, 7) is 1.62. The minimum absolute atomic E-state index is 0.117. The maximum absolute atomic E-state index is 11.6. The van der Waals surface area contributed by atoms with Crippen LogP contribution in [0.5, 0.6) is 0 Å². The standard InChI is InChI=1S/C12H14N2O3/c1-9(17-7-6-15)12(16)14-11-4-2-10(8-13)3-5-11/h2-5,9,15H,6-7H2,1H3,(H,14,16). The Morgan fingerprint density at radius 2 is 2.18 bits per heavy atom. The zero-order chi connectivity index (χ0) is 12.7.